The zero-order valence-electron chi connectivity index (χ0n) is 12.0. The van der Waals surface area contributed by atoms with Crippen LogP contribution in [-0.4, -0.2) is 40.6 Å². The van der Waals surface area contributed by atoms with Crippen LogP contribution in [0.3, 0.4) is 0 Å². The van der Waals surface area contributed by atoms with Gasteiger partial charge in [0, 0.05) is 12.6 Å². The van der Waals surface area contributed by atoms with Crippen molar-refractivity contribution in [1.29, 1.82) is 0 Å². The summed E-state index contributed by atoms with van der Waals surface area (Å²) in [6.45, 7) is 4.82. The maximum atomic E-state index is 12.2. The Morgan fingerprint density at radius 2 is 2.11 bits per heavy atom. The lowest BCUT2D eigenvalue weighted by Crippen LogP contribution is -2.52. The first kappa shape index (κ1) is 15.8. The summed E-state index contributed by atoms with van der Waals surface area (Å²) in [4.78, 5) is 25.1. The molecule has 5 heteroatoms. The molecule has 0 saturated carbocycles. The number of carboxylic acid groups (broad SMARTS) is 1. The predicted molar refractivity (Wildman–Crippen MR) is 74.1 cm³/mol. The van der Waals surface area contributed by atoms with E-state index in [1.165, 1.54) is 0 Å². The molecule has 0 spiro atoms. The Kier molecular flexibility index (Phi) is 6.67. The van der Waals surface area contributed by atoms with E-state index in [1.54, 1.807) is 0 Å². The Labute approximate surface area is 115 Å². The molecule has 0 aliphatic carbocycles. The summed E-state index contributed by atoms with van der Waals surface area (Å²) >= 11 is 0. The number of carbonyl (C=O) groups is 2. The number of nitrogens with zero attached hydrogens (tertiary/aromatic N) is 1. The summed E-state index contributed by atoms with van der Waals surface area (Å²) in [6, 6.07) is -0.712. The Hall–Kier alpha value is -1.26. The van der Waals surface area contributed by atoms with Crippen molar-refractivity contribution in [3.63, 3.8) is 0 Å². The minimum absolute atomic E-state index is 0.213. The van der Waals surface area contributed by atoms with Crippen LogP contribution in [0.2, 0.25) is 0 Å². The second-order valence-electron chi connectivity index (χ2n) is 5.23. The van der Waals surface area contributed by atoms with Crippen LogP contribution >= 0.6 is 0 Å². The van der Waals surface area contributed by atoms with E-state index in [0.717, 1.165) is 45.1 Å². The van der Waals surface area contributed by atoms with Crippen LogP contribution in [0.1, 0.15) is 58.8 Å². The van der Waals surface area contributed by atoms with E-state index in [-0.39, 0.29) is 12.1 Å². The largest absolute Gasteiger partial charge is 0.480 e. The molecule has 2 N–H and O–H groups in total. The van der Waals surface area contributed by atoms with Gasteiger partial charge in [-0.15, -0.1) is 0 Å². The highest BCUT2D eigenvalue weighted by Crippen LogP contribution is 2.19. The number of aliphatic carboxylic acids is 1. The van der Waals surface area contributed by atoms with Crippen molar-refractivity contribution in [2.75, 3.05) is 6.54 Å². The van der Waals surface area contributed by atoms with Gasteiger partial charge in [0.25, 0.3) is 0 Å². The smallest absolute Gasteiger partial charge is 0.326 e. The molecule has 1 rings (SSSR count). The molecule has 5 nitrogen and oxygen atoms in total. The SMILES string of the molecule is CCCCC(NC(=O)N1CCCCC1CC)C(=O)O. The van der Waals surface area contributed by atoms with Gasteiger partial charge in [-0.2, -0.15) is 0 Å². The molecule has 1 saturated heterocycles. The number of carboxylic acids is 1. The zero-order chi connectivity index (χ0) is 14.3. The number of likely N-dealkylation sites (tertiary alicyclic amines) is 1. The van der Waals surface area contributed by atoms with Crippen molar-refractivity contribution in [2.24, 2.45) is 0 Å². The van der Waals surface area contributed by atoms with Gasteiger partial charge in [0.1, 0.15) is 6.04 Å². The molecule has 1 fully saturated rings. The molecule has 2 amide bonds. The van der Waals surface area contributed by atoms with Crippen molar-refractivity contribution in [3.8, 4) is 0 Å². The number of nitrogens with one attached hydrogen (secondary N) is 1. The van der Waals surface area contributed by atoms with Crippen molar-refractivity contribution >= 4 is 12.0 Å². The van der Waals surface area contributed by atoms with E-state index in [2.05, 4.69) is 12.2 Å². The number of rotatable bonds is 6. The predicted octanol–water partition coefficient (Wildman–Crippen LogP) is 2.60. The Balaban J connectivity index is 2.56. The molecule has 2 unspecified atom stereocenters. The number of carbonyl (C=O) groups excluding carboxylic acids is 1. The summed E-state index contributed by atoms with van der Waals surface area (Å²) < 4.78 is 0. The quantitative estimate of drug-likeness (QED) is 0.779. The van der Waals surface area contributed by atoms with Crippen LogP contribution in [-0.2, 0) is 4.79 Å². The van der Waals surface area contributed by atoms with Crippen molar-refractivity contribution in [3.05, 3.63) is 0 Å². The van der Waals surface area contributed by atoms with E-state index < -0.39 is 12.0 Å². The van der Waals surface area contributed by atoms with Gasteiger partial charge in [0.2, 0.25) is 0 Å². The van der Waals surface area contributed by atoms with Gasteiger partial charge >= 0.3 is 12.0 Å². The Morgan fingerprint density at radius 3 is 2.68 bits per heavy atom. The maximum absolute atomic E-state index is 12.2. The number of hydrogen-bond acceptors (Lipinski definition) is 2. The van der Waals surface area contributed by atoms with E-state index in [4.69, 9.17) is 5.11 Å². The fraction of sp³-hybridized carbons (Fsp3) is 0.857. The first-order chi connectivity index (χ1) is 9.10. The molecule has 2 atom stereocenters. The lowest BCUT2D eigenvalue weighted by molar-refractivity contribution is -0.139. The van der Waals surface area contributed by atoms with Gasteiger partial charge in [-0.05, 0) is 32.1 Å². The number of amides is 2. The molecule has 0 aromatic rings. The minimum Gasteiger partial charge on any atom is -0.480 e. The molecule has 1 aliphatic rings. The van der Waals surface area contributed by atoms with E-state index in [1.807, 2.05) is 11.8 Å². The first-order valence-corrected chi connectivity index (χ1v) is 7.40. The summed E-state index contributed by atoms with van der Waals surface area (Å²) in [6.07, 6.45) is 6.37. The fourth-order valence-corrected chi connectivity index (χ4v) is 2.59. The van der Waals surface area contributed by atoms with Gasteiger partial charge in [-0.3, -0.25) is 0 Å². The highest BCUT2D eigenvalue weighted by molar-refractivity contribution is 5.82. The van der Waals surface area contributed by atoms with Gasteiger partial charge in [0.15, 0.2) is 0 Å². The van der Waals surface area contributed by atoms with E-state index in [0.29, 0.717) is 6.42 Å². The zero-order valence-corrected chi connectivity index (χ0v) is 12.0. The van der Waals surface area contributed by atoms with Gasteiger partial charge in [0.05, 0.1) is 0 Å². The van der Waals surface area contributed by atoms with Gasteiger partial charge in [-0.1, -0.05) is 26.7 Å². The number of urea groups is 1. The van der Waals surface area contributed by atoms with Crippen molar-refractivity contribution < 1.29 is 14.7 Å². The number of hydrogen-bond donors (Lipinski definition) is 2. The van der Waals surface area contributed by atoms with Crippen LogP contribution in [0.4, 0.5) is 4.79 Å². The summed E-state index contributed by atoms with van der Waals surface area (Å²) in [5.74, 6) is -0.938. The summed E-state index contributed by atoms with van der Waals surface area (Å²) in [5.41, 5.74) is 0. The third-order valence-electron chi connectivity index (χ3n) is 3.80. The van der Waals surface area contributed by atoms with Crippen molar-refractivity contribution in [2.45, 2.75) is 70.9 Å². The second-order valence-corrected chi connectivity index (χ2v) is 5.23. The average molecular weight is 270 g/mol. The maximum Gasteiger partial charge on any atom is 0.326 e. The standard InChI is InChI=1S/C14H26N2O3/c1-3-5-9-12(13(17)18)15-14(19)16-10-7-6-8-11(16)4-2/h11-12H,3-10H2,1-2H3,(H,15,19)(H,17,18). The lowest BCUT2D eigenvalue weighted by atomic mass is 10.0. The lowest BCUT2D eigenvalue weighted by Gasteiger charge is -2.35. The molecular formula is C14H26N2O3. The molecule has 1 heterocycles. The van der Waals surface area contributed by atoms with E-state index >= 15 is 0 Å². The van der Waals surface area contributed by atoms with Gasteiger partial charge in [-0.25, -0.2) is 9.59 Å². The second kappa shape index (κ2) is 8.02. The average Bonchev–Trinajstić information content (AvgIpc) is 2.42. The molecule has 110 valence electrons. The highest BCUT2D eigenvalue weighted by atomic mass is 16.4. The summed E-state index contributed by atoms with van der Waals surface area (Å²) in [7, 11) is 0. The first-order valence-electron chi connectivity index (χ1n) is 7.40. The van der Waals surface area contributed by atoms with Crippen LogP contribution in [0, 0.1) is 0 Å². The van der Waals surface area contributed by atoms with E-state index in [9.17, 15) is 9.59 Å². The van der Waals surface area contributed by atoms with Crippen LogP contribution in [0.15, 0.2) is 0 Å². The Morgan fingerprint density at radius 1 is 1.37 bits per heavy atom. The third-order valence-corrected chi connectivity index (χ3v) is 3.80. The van der Waals surface area contributed by atoms with Gasteiger partial charge < -0.3 is 15.3 Å². The molecule has 0 aromatic carbocycles. The van der Waals surface area contributed by atoms with Crippen LogP contribution < -0.4 is 5.32 Å². The third kappa shape index (κ3) is 4.73. The molecule has 0 aromatic heterocycles. The molecule has 19 heavy (non-hydrogen) atoms. The summed E-state index contributed by atoms with van der Waals surface area (Å²) in [5, 5.41) is 11.8. The monoisotopic (exact) mass is 270 g/mol. The van der Waals surface area contributed by atoms with Crippen LogP contribution in [0.5, 0.6) is 0 Å². The minimum atomic E-state index is -0.938. The number of piperidine rings is 1. The molecule has 0 bridgehead atoms. The molecular weight excluding hydrogens is 244 g/mol. The highest BCUT2D eigenvalue weighted by Gasteiger charge is 2.28. The normalized spacial score (nSPS) is 20.9. The topological polar surface area (TPSA) is 69.6 Å². The molecule has 0 radical (unpaired) electrons. The van der Waals surface area contributed by atoms with Crippen LogP contribution in [0.25, 0.3) is 0 Å². The van der Waals surface area contributed by atoms with Crippen molar-refractivity contribution in [1.82, 2.24) is 10.2 Å². The Bertz CT molecular complexity index is 307. The molecule has 1 aliphatic heterocycles. The number of unbranched alkanes of at least 4 members (excludes halogenated alkanes) is 1. The fourth-order valence-electron chi connectivity index (χ4n) is 2.59.